The highest BCUT2D eigenvalue weighted by Gasteiger charge is 2.45. The fourth-order valence-electron chi connectivity index (χ4n) is 5.27. The molecule has 5 nitrogen and oxygen atoms in total. The highest BCUT2D eigenvalue weighted by Crippen LogP contribution is 2.42. The van der Waals surface area contributed by atoms with E-state index in [1.165, 1.54) is 12.0 Å². The number of benzene rings is 1. The van der Waals surface area contributed by atoms with Gasteiger partial charge in [-0.15, -0.1) is 12.4 Å². The molecule has 3 aliphatic rings. The first kappa shape index (κ1) is 21.4. The number of nitrogens with zero attached hydrogens (tertiary/aromatic N) is 2. The van der Waals surface area contributed by atoms with Gasteiger partial charge in [-0.05, 0) is 37.0 Å². The minimum atomic E-state index is -0.330. The molecule has 1 amide bonds. The Morgan fingerprint density at radius 1 is 1.07 bits per heavy atom. The zero-order valence-electron chi connectivity index (χ0n) is 17.0. The van der Waals surface area contributed by atoms with Gasteiger partial charge in [0.15, 0.2) is 0 Å². The minimum absolute atomic E-state index is 0. The molecule has 1 aromatic rings. The van der Waals surface area contributed by atoms with E-state index < -0.39 is 0 Å². The molecule has 2 heterocycles. The summed E-state index contributed by atoms with van der Waals surface area (Å²) in [7, 11) is 1.69. The van der Waals surface area contributed by atoms with Crippen LogP contribution < -0.4 is 10.1 Å². The van der Waals surface area contributed by atoms with Crippen LogP contribution in [0.2, 0.25) is 0 Å². The molecule has 1 unspecified atom stereocenters. The maximum Gasteiger partial charge on any atom is 0.233 e. The number of rotatable bonds is 4. The Labute approximate surface area is 175 Å². The number of nitrogens with one attached hydrogen (secondary N) is 1. The van der Waals surface area contributed by atoms with Gasteiger partial charge >= 0.3 is 0 Å². The van der Waals surface area contributed by atoms with Gasteiger partial charge in [-0.3, -0.25) is 9.69 Å². The third-order valence-electron chi connectivity index (χ3n) is 6.88. The topological polar surface area (TPSA) is 44.8 Å². The predicted octanol–water partition coefficient (Wildman–Crippen LogP) is 2.83. The van der Waals surface area contributed by atoms with Gasteiger partial charge < -0.3 is 15.0 Å². The van der Waals surface area contributed by atoms with Crippen LogP contribution in [0.1, 0.15) is 44.1 Å². The van der Waals surface area contributed by atoms with Gasteiger partial charge in [0.2, 0.25) is 5.91 Å². The van der Waals surface area contributed by atoms with Crippen LogP contribution in [-0.4, -0.2) is 68.1 Å². The second-order valence-electron chi connectivity index (χ2n) is 8.35. The van der Waals surface area contributed by atoms with Crippen LogP contribution in [-0.2, 0) is 10.2 Å². The fourth-order valence-corrected chi connectivity index (χ4v) is 5.27. The summed E-state index contributed by atoms with van der Waals surface area (Å²) in [5.74, 6) is 1.22. The first-order valence-electron chi connectivity index (χ1n) is 10.6. The van der Waals surface area contributed by atoms with Crippen molar-refractivity contribution in [1.29, 1.82) is 0 Å². The van der Waals surface area contributed by atoms with E-state index in [9.17, 15) is 4.79 Å². The van der Waals surface area contributed by atoms with Gasteiger partial charge in [0.1, 0.15) is 5.75 Å². The summed E-state index contributed by atoms with van der Waals surface area (Å²) in [5.41, 5.74) is 0.849. The number of hydrogen-bond donors (Lipinski definition) is 1. The van der Waals surface area contributed by atoms with Crippen molar-refractivity contribution >= 4 is 18.3 Å². The molecule has 0 radical (unpaired) electrons. The quantitative estimate of drug-likeness (QED) is 0.833. The van der Waals surface area contributed by atoms with Crippen LogP contribution in [0.4, 0.5) is 0 Å². The van der Waals surface area contributed by atoms with Crippen LogP contribution >= 0.6 is 12.4 Å². The normalized spacial score (nSPS) is 25.2. The summed E-state index contributed by atoms with van der Waals surface area (Å²) in [6.07, 6.45) is 6.61. The lowest BCUT2D eigenvalue weighted by atomic mass is 9.68. The van der Waals surface area contributed by atoms with Crippen LogP contribution in [0, 0.1) is 0 Å². The van der Waals surface area contributed by atoms with E-state index in [-0.39, 0.29) is 17.8 Å². The maximum absolute atomic E-state index is 13.8. The maximum atomic E-state index is 13.8. The van der Waals surface area contributed by atoms with Crippen LogP contribution in [0.25, 0.3) is 0 Å². The van der Waals surface area contributed by atoms with E-state index in [1.54, 1.807) is 7.11 Å². The number of methoxy groups -OCH3 is 1. The highest BCUT2D eigenvalue weighted by molar-refractivity contribution is 5.88. The molecule has 0 aromatic heterocycles. The second-order valence-corrected chi connectivity index (χ2v) is 8.35. The molecule has 28 heavy (non-hydrogen) atoms. The zero-order valence-corrected chi connectivity index (χ0v) is 17.8. The van der Waals surface area contributed by atoms with Crippen molar-refractivity contribution in [2.45, 2.75) is 50.0 Å². The van der Waals surface area contributed by atoms with Crippen molar-refractivity contribution in [3.63, 3.8) is 0 Å². The van der Waals surface area contributed by atoms with Crippen molar-refractivity contribution in [2.75, 3.05) is 46.4 Å². The lowest BCUT2D eigenvalue weighted by Gasteiger charge is -2.40. The molecule has 0 bridgehead atoms. The molecule has 0 spiro atoms. The van der Waals surface area contributed by atoms with Crippen molar-refractivity contribution in [3.8, 4) is 5.75 Å². The largest absolute Gasteiger partial charge is 0.497 e. The van der Waals surface area contributed by atoms with Crippen molar-refractivity contribution < 1.29 is 9.53 Å². The van der Waals surface area contributed by atoms with E-state index in [2.05, 4.69) is 27.2 Å². The summed E-state index contributed by atoms with van der Waals surface area (Å²) >= 11 is 0. The van der Waals surface area contributed by atoms with Crippen LogP contribution in [0.15, 0.2) is 24.3 Å². The first-order valence-corrected chi connectivity index (χ1v) is 10.6. The van der Waals surface area contributed by atoms with Crippen LogP contribution in [0.3, 0.4) is 0 Å². The van der Waals surface area contributed by atoms with Gasteiger partial charge in [0.05, 0.1) is 12.5 Å². The van der Waals surface area contributed by atoms with Gasteiger partial charge in [0.25, 0.3) is 0 Å². The molecular weight excluding hydrogens is 374 g/mol. The average molecular weight is 408 g/mol. The summed E-state index contributed by atoms with van der Waals surface area (Å²) < 4.78 is 5.32. The molecule has 2 aliphatic heterocycles. The molecule has 3 fully saturated rings. The molecule has 2 saturated heterocycles. The molecular formula is C22H34ClN3O2. The van der Waals surface area contributed by atoms with Crippen molar-refractivity contribution in [2.24, 2.45) is 0 Å². The fraction of sp³-hybridized carbons (Fsp3) is 0.682. The van der Waals surface area contributed by atoms with Crippen molar-refractivity contribution in [3.05, 3.63) is 29.8 Å². The van der Waals surface area contributed by atoms with Gasteiger partial charge in [0, 0.05) is 45.3 Å². The molecule has 1 N–H and O–H groups in total. The summed E-state index contributed by atoms with van der Waals surface area (Å²) in [4.78, 5) is 18.5. The van der Waals surface area contributed by atoms with Crippen molar-refractivity contribution in [1.82, 2.24) is 15.1 Å². The number of amides is 1. The third-order valence-corrected chi connectivity index (χ3v) is 6.88. The number of carbonyl (C=O) groups excluding carboxylic acids is 1. The van der Waals surface area contributed by atoms with Gasteiger partial charge in [-0.1, -0.05) is 31.4 Å². The molecule has 1 aliphatic carbocycles. The molecule has 1 saturated carbocycles. The Kier molecular flexibility index (Phi) is 7.24. The third kappa shape index (κ3) is 4.17. The number of hydrogen-bond acceptors (Lipinski definition) is 4. The van der Waals surface area contributed by atoms with E-state index in [0.717, 1.165) is 77.1 Å². The smallest absolute Gasteiger partial charge is 0.233 e. The molecule has 4 rings (SSSR count). The lowest BCUT2D eigenvalue weighted by Crippen LogP contribution is -2.51. The highest BCUT2D eigenvalue weighted by atomic mass is 35.5. The predicted molar refractivity (Wildman–Crippen MR) is 114 cm³/mol. The summed E-state index contributed by atoms with van der Waals surface area (Å²) in [5, 5.41) is 3.43. The van der Waals surface area contributed by atoms with Gasteiger partial charge in [-0.2, -0.15) is 0 Å². The Balaban J connectivity index is 0.00000225. The number of carbonyl (C=O) groups is 1. The molecule has 156 valence electrons. The number of piperazine rings is 1. The molecule has 1 aromatic carbocycles. The van der Waals surface area contributed by atoms with E-state index in [0.29, 0.717) is 11.9 Å². The zero-order chi connectivity index (χ0) is 18.7. The standard InChI is InChI=1S/C22H33N3O2.ClH/c1-27-20-7-5-18(6-8-20)22(10-3-2-4-11-22)21(26)25-14-9-19(17-25)24-15-12-23-13-16-24;/h5-8,19,23H,2-4,9-17H2,1H3;1H. The first-order chi connectivity index (χ1) is 13.2. The Morgan fingerprint density at radius 3 is 2.39 bits per heavy atom. The van der Waals surface area contributed by atoms with E-state index >= 15 is 0 Å². The average Bonchev–Trinajstić information content (AvgIpc) is 3.24. The number of ether oxygens (including phenoxy) is 1. The minimum Gasteiger partial charge on any atom is -0.497 e. The Bertz CT molecular complexity index is 640. The molecule has 1 atom stereocenters. The Morgan fingerprint density at radius 2 is 1.75 bits per heavy atom. The second kappa shape index (κ2) is 9.47. The number of likely N-dealkylation sites (tertiary alicyclic amines) is 1. The van der Waals surface area contributed by atoms with Gasteiger partial charge in [-0.25, -0.2) is 0 Å². The molecule has 6 heteroatoms. The number of halogens is 1. The SMILES string of the molecule is COc1ccc(C2(C(=O)N3CCC(N4CCNCC4)C3)CCCCC2)cc1.Cl. The van der Waals surface area contributed by atoms with E-state index in [4.69, 9.17) is 4.74 Å². The summed E-state index contributed by atoms with van der Waals surface area (Å²) in [6, 6.07) is 8.78. The Hall–Kier alpha value is -1.30. The van der Waals surface area contributed by atoms with Crippen LogP contribution in [0.5, 0.6) is 5.75 Å². The summed E-state index contributed by atoms with van der Waals surface area (Å²) in [6.45, 7) is 6.16. The monoisotopic (exact) mass is 407 g/mol. The van der Waals surface area contributed by atoms with E-state index in [1.807, 2.05) is 12.1 Å². The lowest BCUT2D eigenvalue weighted by molar-refractivity contribution is -0.138.